The molecule has 2 heterocycles. The van der Waals surface area contributed by atoms with E-state index >= 15 is 0 Å². The lowest BCUT2D eigenvalue weighted by Gasteiger charge is -2.31. The number of anilines is 1. The summed E-state index contributed by atoms with van der Waals surface area (Å²) in [5, 5.41) is 2.67. The summed E-state index contributed by atoms with van der Waals surface area (Å²) in [4.78, 5) is 7.37. The van der Waals surface area contributed by atoms with Crippen molar-refractivity contribution in [2.45, 2.75) is 23.0 Å². The van der Waals surface area contributed by atoms with E-state index in [1.165, 1.54) is 0 Å². The van der Waals surface area contributed by atoms with Crippen LogP contribution in [0.4, 0.5) is 5.13 Å². The monoisotopic (exact) mass is 540 g/mol. The minimum atomic E-state index is -3.30. The van der Waals surface area contributed by atoms with E-state index < -0.39 is 9.84 Å². The van der Waals surface area contributed by atoms with Crippen LogP contribution in [0.25, 0.3) is 11.3 Å². The molecule has 0 amide bonds. The second kappa shape index (κ2) is 8.26. The molecule has 2 aromatic carbocycles. The van der Waals surface area contributed by atoms with Gasteiger partial charge in [0.2, 0.25) is 0 Å². The van der Waals surface area contributed by atoms with E-state index in [4.69, 9.17) is 4.98 Å². The molecule has 0 atom stereocenters. The molecule has 0 bridgehead atoms. The SMILES string of the molecule is O=S(=O)(c1ccc(Br)cc1)C1CCN(c2nc(-c3cccc(Br)c3)cs2)CC1. The summed E-state index contributed by atoms with van der Waals surface area (Å²) in [6.45, 7) is 1.40. The Bertz CT molecular complexity index is 1070. The zero-order chi connectivity index (χ0) is 19.7. The number of aromatic nitrogens is 1. The third-order valence-electron chi connectivity index (χ3n) is 4.91. The van der Waals surface area contributed by atoms with Gasteiger partial charge in [-0.3, -0.25) is 0 Å². The van der Waals surface area contributed by atoms with Crippen LogP contribution < -0.4 is 4.90 Å². The molecule has 8 heteroatoms. The normalized spacial score (nSPS) is 15.7. The van der Waals surface area contributed by atoms with E-state index in [9.17, 15) is 8.42 Å². The van der Waals surface area contributed by atoms with Gasteiger partial charge in [0.15, 0.2) is 15.0 Å². The van der Waals surface area contributed by atoms with Crippen molar-refractivity contribution < 1.29 is 8.42 Å². The van der Waals surface area contributed by atoms with Gasteiger partial charge in [0.05, 0.1) is 15.8 Å². The molecule has 0 N–H and O–H groups in total. The zero-order valence-corrected chi connectivity index (χ0v) is 19.7. The lowest BCUT2D eigenvalue weighted by atomic mass is 10.1. The molecule has 28 heavy (non-hydrogen) atoms. The number of thiazole rings is 1. The smallest absolute Gasteiger partial charge is 0.185 e. The van der Waals surface area contributed by atoms with E-state index in [1.54, 1.807) is 35.6 Å². The average molecular weight is 542 g/mol. The van der Waals surface area contributed by atoms with E-state index in [1.807, 2.05) is 18.2 Å². The lowest BCUT2D eigenvalue weighted by Crippen LogP contribution is -2.39. The minimum Gasteiger partial charge on any atom is -0.348 e. The van der Waals surface area contributed by atoms with Crippen LogP contribution >= 0.6 is 43.2 Å². The summed E-state index contributed by atoms with van der Waals surface area (Å²) in [5.41, 5.74) is 2.02. The fourth-order valence-electron chi connectivity index (χ4n) is 3.36. The zero-order valence-electron chi connectivity index (χ0n) is 14.9. The van der Waals surface area contributed by atoms with Crippen molar-refractivity contribution in [3.8, 4) is 11.3 Å². The van der Waals surface area contributed by atoms with Gasteiger partial charge in [-0.25, -0.2) is 13.4 Å². The first kappa shape index (κ1) is 20.1. The summed E-state index contributed by atoms with van der Waals surface area (Å²) in [6.07, 6.45) is 1.23. The summed E-state index contributed by atoms with van der Waals surface area (Å²) in [5.74, 6) is 0. The highest BCUT2D eigenvalue weighted by atomic mass is 79.9. The van der Waals surface area contributed by atoms with Crippen LogP contribution in [0.1, 0.15) is 12.8 Å². The third-order valence-corrected chi connectivity index (χ3v) is 9.11. The molecule has 1 saturated heterocycles. The third kappa shape index (κ3) is 4.20. The van der Waals surface area contributed by atoms with Crippen LogP contribution in [0.3, 0.4) is 0 Å². The number of hydrogen-bond donors (Lipinski definition) is 0. The molecule has 0 radical (unpaired) electrons. The van der Waals surface area contributed by atoms with Crippen LogP contribution in [-0.4, -0.2) is 31.7 Å². The first-order valence-electron chi connectivity index (χ1n) is 8.89. The van der Waals surface area contributed by atoms with E-state index in [0.29, 0.717) is 30.8 Å². The van der Waals surface area contributed by atoms with Gasteiger partial charge in [-0.1, -0.05) is 44.0 Å². The lowest BCUT2D eigenvalue weighted by molar-refractivity contribution is 0.529. The fraction of sp³-hybridized carbons (Fsp3) is 0.250. The van der Waals surface area contributed by atoms with Crippen LogP contribution in [-0.2, 0) is 9.84 Å². The van der Waals surface area contributed by atoms with Crippen molar-refractivity contribution in [2.75, 3.05) is 18.0 Å². The van der Waals surface area contributed by atoms with Crippen molar-refractivity contribution in [3.63, 3.8) is 0 Å². The summed E-state index contributed by atoms with van der Waals surface area (Å²) >= 11 is 8.46. The molecule has 146 valence electrons. The Labute approximate surface area is 185 Å². The standard InChI is InChI=1S/C20H18Br2N2O2S2/c21-15-4-6-17(7-5-15)28(25,26)18-8-10-24(11-9-18)20-23-19(13-27-20)14-2-1-3-16(22)12-14/h1-7,12-13,18H,8-11H2. The van der Waals surface area contributed by atoms with Crippen molar-refractivity contribution in [3.05, 3.63) is 62.9 Å². The number of rotatable bonds is 4. The van der Waals surface area contributed by atoms with E-state index in [0.717, 1.165) is 25.3 Å². The number of nitrogens with zero attached hydrogens (tertiary/aromatic N) is 2. The highest BCUT2D eigenvalue weighted by Gasteiger charge is 2.32. The maximum atomic E-state index is 12.9. The van der Waals surface area contributed by atoms with Crippen molar-refractivity contribution in [1.29, 1.82) is 0 Å². The quantitative estimate of drug-likeness (QED) is 0.420. The van der Waals surface area contributed by atoms with Crippen molar-refractivity contribution in [1.82, 2.24) is 4.98 Å². The van der Waals surface area contributed by atoms with Gasteiger partial charge in [0.25, 0.3) is 0 Å². The highest BCUT2D eigenvalue weighted by molar-refractivity contribution is 9.10. The second-order valence-corrected chi connectivity index (χ2v) is 11.6. The molecule has 4 nitrogen and oxygen atoms in total. The summed E-state index contributed by atoms with van der Waals surface area (Å²) < 4.78 is 27.7. The molecule has 0 saturated carbocycles. The van der Waals surface area contributed by atoms with Gasteiger partial charge >= 0.3 is 0 Å². The highest BCUT2D eigenvalue weighted by Crippen LogP contribution is 2.32. The Balaban J connectivity index is 1.45. The molecular weight excluding hydrogens is 524 g/mol. The predicted octanol–water partition coefficient (Wildman–Crippen LogP) is 5.78. The van der Waals surface area contributed by atoms with Gasteiger partial charge in [-0.05, 0) is 49.2 Å². The number of sulfone groups is 1. The van der Waals surface area contributed by atoms with E-state index in [-0.39, 0.29) is 5.25 Å². The summed E-state index contributed by atoms with van der Waals surface area (Å²) in [6, 6.07) is 15.0. The Kier molecular flexibility index (Phi) is 5.92. The van der Waals surface area contributed by atoms with Gasteiger partial charge in [-0.15, -0.1) is 11.3 Å². The maximum absolute atomic E-state index is 12.9. The molecule has 0 aliphatic carbocycles. The molecule has 1 aromatic heterocycles. The van der Waals surface area contributed by atoms with Gasteiger partial charge < -0.3 is 4.90 Å². The summed E-state index contributed by atoms with van der Waals surface area (Å²) in [7, 11) is -3.30. The Morgan fingerprint density at radius 2 is 1.71 bits per heavy atom. The van der Waals surface area contributed by atoms with Gasteiger partial charge in [-0.2, -0.15) is 0 Å². The van der Waals surface area contributed by atoms with Crippen molar-refractivity contribution in [2.24, 2.45) is 0 Å². The number of piperidine rings is 1. The molecule has 1 aliphatic heterocycles. The Hall–Kier alpha value is -1.22. The molecule has 4 rings (SSSR count). The van der Waals surface area contributed by atoms with E-state index in [2.05, 4.69) is 48.2 Å². The fourth-order valence-corrected chi connectivity index (χ4v) is 6.65. The molecule has 1 fully saturated rings. The molecule has 1 aliphatic rings. The predicted molar refractivity (Wildman–Crippen MR) is 122 cm³/mol. The molecule has 0 spiro atoms. The minimum absolute atomic E-state index is 0.338. The van der Waals surface area contributed by atoms with Crippen LogP contribution in [0.5, 0.6) is 0 Å². The van der Waals surface area contributed by atoms with Gasteiger partial charge in [0.1, 0.15) is 0 Å². The average Bonchev–Trinajstić information content (AvgIpc) is 3.19. The maximum Gasteiger partial charge on any atom is 0.185 e. The Morgan fingerprint density at radius 1 is 1.00 bits per heavy atom. The van der Waals surface area contributed by atoms with Crippen LogP contribution in [0.2, 0.25) is 0 Å². The molecule has 3 aromatic rings. The topological polar surface area (TPSA) is 50.3 Å². The first-order chi connectivity index (χ1) is 13.4. The number of benzene rings is 2. The second-order valence-electron chi connectivity index (χ2n) is 6.71. The number of halogens is 2. The largest absolute Gasteiger partial charge is 0.348 e. The first-order valence-corrected chi connectivity index (χ1v) is 12.9. The number of hydrogen-bond acceptors (Lipinski definition) is 5. The van der Waals surface area contributed by atoms with Crippen molar-refractivity contribution >= 4 is 58.2 Å². The molecular formula is C20H18Br2N2O2S2. The van der Waals surface area contributed by atoms with Crippen LogP contribution in [0, 0.1) is 0 Å². The van der Waals surface area contributed by atoms with Gasteiger partial charge in [0, 0.05) is 33.0 Å². The van der Waals surface area contributed by atoms with Crippen LogP contribution in [0.15, 0.2) is 67.8 Å². The Morgan fingerprint density at radius 3 is 2.39 bits per heavy atom. The molecule has 0 unspecified atom stereocenters.